The van der Waals surface area contributed by atoms with Gasteiger partial charge in [-0.1, -0.05) is 19.9 Å². The first kappa shape index (κ1) is 11.6. The van der Waals surface area contributed by atoms with Gasteiger partial charge in [0.2, 0.25) is 0 Å². The third-order valence-electron chi connectivity index (χ3n) is 3.30. The van der Waals surface area contributed by atoms with E-state index in [0.29, 0.717) is 18.5 Å². The third kappa shape index (κ3) is 2.42. The maximum Gasteiger partial charge on any atom is 0.0687 e. The van der Waals surface area contributed by atoms with Crippen LogP contribution < -0.4 is 5.32 Å². The molecule has 0 fully saturated rings. The molecular formula is C13H20N2O. The third-order valence-corrected chi connectivity index (χ3v) is 3.30. The number of aliphatic hydroxyl groups is 1. The molecule has 3 nitrogen and oxygen atoms in total. The lowest BCUT2D eigenvalue weighted by atomic mass is 10.1. The summed E-state index contributed by atoms with van der Waals surface area (Å²) in [5.41, 5.74) is 2.51. The van der Waals surface area contributed by atoms with Gasteiger partial charge in [0.15, 0.2) is 0 Å². The lowest BCUT2D eigenvalue weighted by molar-refractivity contribution is 0.120. The van der Waals surface area contributed by atoms with Gasteiger partial charge in [-0.15, -0.1) is 0 Å². The number of nitrogens with zero attached hydrogens (tertiary/aromatic N) is 1. The average molecular weight is 220 g/mol. The summed E-state index contributed by atoms with van der Waals surface area (Å²) in [7, 11) is 0. The second-order valence-corrected chi connectivity index (χ2v) is 4.86. The molecular weight excluding hydrogens is 200 g/mol. The van der Waals surface area contributed by atoms with Crippen molar-refractivity contribution in [3.8, 4) is 0 Å². The zero-order chi connectivity index (χ0) is 11.5. The fraction of sp³-hybridized carbons (Fsp3) is 0.615. The van der Waals surface area contributed by atoms with E-state index in [1.165, 1.54) is 11.3 Å². The van der Waals surface area contributed by atoms with E-state index in [1.54, 1.807) is 0 Å². The molecule has 1 aliphatic carbocycles. The van der Waals surface area contributed by atoms with E-state index in [4.69, 9.17) is 0 Å². The largest absolute Gasteiger partial charge is 0.392 e. The molecule has 0 aliphatic heterocycles. The van der Waals surface area contributed by atoms with E-state index >= 15 is 0 Å². The van der Waals surface area contributed by atoms with Crippen molar-refractivity contribution in [2.75, 3.05) is 6.54 Å². The van der Waals surface area contributed by atoms with E-state index in [-0.39, 0.29) is 6.10 Å². The number of pyridine rings is 1. The first-order valence-corrected chi connectivity index (χ1v) is 6.03. The minimum Gasteiger partial charge on any atom is -0.392 e. The summed E-state index contributed by atoms with van der Waals surface area (Å²) in [5, 5.41) is 13.2. The molecule has 16 heavy (non-hydrogen) atoms. The van der Waals surface area contributed by atoms with Crippen LogP contribution in [0.5, 0.6) is 0 Å². The summed E-state index contributed by atoms with van der Waals surface area (Å²) in [6.07, 6.45) is 3.76. The Morgan fingerprint density at radius 2 is 2.38 bits per heavy atom. The predicted octanol–water partition coefficient (Wildman–Crippen LogP) is 1.68. The van der Waals surface area contributed by atoms with Gasteiger partial charge in [0.25, 0.3) is 0 Å². The van der Waals surface area contributed by atoms with Crippen LogP contribution in [0, 0.1) is 5.92 Å². The number of aliphatic hydroxyl groups excluding tert-OH is 1. The van der Waals surface area contributed by atoms with Gasteiger partial charge in [-0.2, -0.15) is 0 Å². The molecule has 1 aromatic heterocycles. The Balaban J connectivity index is 1.93. The summed E-state index contributed by atoms with van der Waals surface area (Å²) in [6, 6.07) is 4.46. The van der Waals surface area contributed by atoms with E-state index in [2.05, 4.69) is 16.4 Å². The van der Waals surface area contributed by atoms with Crippen molar-refractivity contribution in [1.29, 1.82) is 0 Å². The average Bonchev–Trinajstić information content (AvgIpc) is 2.69. The van der Waals surface area contributed by atoms with Crippen LogP contribution in [0.4, 0.5) is 0 Å². The number of hydrogen-bond acceptors (Lipinski definition) is 3. The molecule has 88 valence electrons. The lowest BCUT2D eigenvalue weighted by Gasteiger charge is -2.19. The summed E-state index contributed by atoms with van der Waals surface area (Å²) in [6.45, 7) is 4.72. The summed E-state index contributed by atoms with van der Waals surface area (Å²) < 4.78 is 0. The number of aryl methyl sites for hydroxylation is 1. The monoisotopic (exact) mass is 220 g/mol. The maximum atomic E-state index is 9.75. The van der Waals surface area contributed by atoms with Crippen molar-refractivity contribution in [2.24, 2.45) is 5.92 Å². The zero-order valence-corrected chi connectivity index (χ0v) is 9.98. The topological polar surface area (TPSA) is 45.1 Å². The standard InChI is InChI=1S/C13H20N2O/c1-9(2)12(16)8-15-11-6-5-10-4-3-7-14-13(10)11/h3-4,7,9,11-12,15-16H,5-6,8H2,1-2H3. The van der Waals surface area contributed by atoms with Crippen LogP contribution in [0.1, 0.15) is 37.6 Å². The van der Waals surface area contributed by atoms with E-state index in [0.717, 1.165) is 12.8 Å². The second-order valence-electron chi connectivity index (χ2n) is 4.86. The number of nitrogens with one attached hydrogen (secondary N) is 1. The predicted molar refractivity (Wildman–Crippen MR) is 64.1 cm³/mol. The Morgan fingerprint density at radius 1 is 1.56 bits per heavy atom. The second kappa shape index (κ2) is 4.93. The van der Waals surface area contributed by atoms with Crippen LogP contribution in [-0.4, -0.2) is 22.7 Å². The quantitative estimate of drug-likeness (QED) is 0.811. The van der Waals surface area contributed by atoms with Gasteiger partial charge in [-0.25, -0.2) is 0 Å². The molecule has 0 bridgehead atoms. The Morgan fingerprint density at radius 3 is 3.12 bits per heavy atom. The van der Waals surface area contributed by atoms with Crippen LogP contribution in [-0.2, 0) is 6.42 Å². The van der Waals surface area contributed by atoms with Gasteiger partial charge in [0.1, 0.15) is 0 Å². The maximum absolute atomic E-state index is 9.75. The van der Waals surface area contributed by atoms with Crippen LogP contribution >= 0.6 is 0 Å². The Bertz CT molecular complexity index is 352. The lowest BCUT2D eigenvalue weighted by Crippen LogP contribution is -2.32. The van der Waals surface area contributed by atoms with Crippen LogP contribution in [0.3, 0.4) is 0 Å². The number of fused-ring (bicyclic) bond motifs is 1. The molecule has 0 aromatic carbocycles. The van der Waals surface area contributed by atoms with E-state index in [9.17, 15) is 5.11 Å². The molecule has 2 rings (SSSR count). The fourth-order valence-corrected chi connectivity index (χ4v) is 2.11. The molecule has 1 heterocycles. The molecule has 1 aromatic rings. The van der Waals surface area contributed by atoms with Gasteiger partial charge in [0, 0.05) is 12.7 Å². The van der Waals surface area contributed by atoms with Crippen molar-refractivity contribution in [3.05, 3.63) is 29.6 Å². The summed E-state index contributed by atoms with van der Waals surface area (Å²) in [4.78, 5) is 4.42. The van der Waals surface area contributed by atoms with Gasteiger partial charge in [-0.3, -0.25) is 4.98 Å². The van der Waals surface area contributed by atoms with Crippen molar-refractivity contribution in [1.82, 2.24) is 10.3 Å². The Labute approximate surface area is 96.9 Å². The van der Waals surface area contributed by atoms with Gasteiger partial charge >= 0.3 is 0 Å². The van der Waals surface area contributed by atoms with Crippen molar-refractivity contribution in [2.45, 2.75) is 38.8 Å². The van der Waals surface area contributed by atoms with E-state index in [1.807, 2.05) is 26.1 Å². The molecule has 1 aliphatic rings. The van der Waals surface area contributed by atoms with Gasteiger partial charge in [0.05, 0.1) is 17.8 Å². The molecule has 0 saturated carbocycles. The normalized spacial score (nSPS) is 21.1. The Hall–Kier alpha value is -0.930. The SMILES string of the molecule is CC(C)C(O)CNC1CCc2cccnc21. The minimum atomic E-state index is -0.271. The number of rotatable bonds is 4. The number of aromatic nitrogens is 1. The molecule has 0 saturated heterocycles. The van der Waals surface area contributed by atoms with Crippen molar-refractivity contribution >= 4 is 0 Å². The molecule has 2 atom stereocenters. The van der Waals surface area contributed by atoms with Gasteiger partial charge < -0.3 is 10.4 Å². The summed E-state index contributed by atoms with van der Waals surface area (Å²) >= 11 is 0. The molecule has 0 amide bonds. The fourth-order valence-electron chi connectivity index (χ4n) is 2.11. The molecule has 2 N–H and O–H groups in total. The van der Waals surface area contributed by atoms with Crippen LogP contribution in [0.15, 0.2) is 18.3 Å². The highest BCUT2D eigenvalue weighted by Crippen LogP contribution is 2.28. The molecule has 0 spiro atoms. The Kier molecular flexibility index (Phi) is 3.56. The van der Waals surface area contributed by atoms with Crippen molar-refractivity contribution in [3.63, 3.8) is 0 Å². The highest BCUT2D eigenvalue weighted by Gasteiger charge is 2.23. The van der Waals surface area contributed by atoms with Gasteiger partial charge in [-0.05, 0) is 30.4 Å². The van der Waals surface area contributed by atoms with Crippen LogP contribution in [0.25, 0.3) is 0 Å². The smallest absolute Gasteiger partial charge is 0.0687 e. The zero-order valence-electron chi connectivity index (χ0n) is 9.98. The highest BCUT2D eigenvalue weighted by atomic mass is 16.3. The minimum absolute atomic E-state index is 0.271. The molecule has 2 unspecified atom stereocenters. The highest BCUT2D eigenvalue weighted by molar-refractivity contribution is 5.27. The van der Waals surface area contributed by atoms with E-state index < -0.39 is 0 Å². The first-order valence-electron chi connectivity index (χ1n) is 6.03. The number of hydrogen-bond donors (Lipinski definition) is 2. The van der Waals surface area contributed by atoms with Crippen LogP contribution in [0.2, 0.25) is 0 Å². The molecule has 3 heteroatoms. The van der Waals surface area contributed by atoms with Crippen molar-refractivity contribution < 1.29 is 5.11 Å². The molecule has 0 radical (unpaired) electrons. The first-order chi connectivity index (χ1) is 7.68. The summed E-state index contributed by atoms with van der Waals surface area (Å²) in [5.74, 6) is 0.303.